The molecule has 0 aliphatic heterocycles. The summed E-state index contributed by atoms with van der Waals surface area (Å²) >= 11 is 0. The number of rotatable bonds is 7. The van der Waals surface area contributed by atoms with Crippen molar-refractivity contribution in [2.75, 3.05) is 31.8 Å². The third-order valence-corrected chi connectivity index (χ3v) is 4.64. The number of amides is 1. The number of imidazole rings is 1. The predicted octanol–water partition coefficient (Wildman–Crippen LogP) is 2.37. The van der Waals surface area contributed by atoms with Gasteiger partial charge in [0.25, 0.3) is 5.88 Å². The lowest BCUT2D eigenvalue weighted by atomic mass is 9.96. The van der Waals surface area contributed by atoms with Gasteiger partial charge in [-0.2, -0.15) is 0 Å². The molecule has 0 saturated heterocycles. The molecule has 0 spiro atoms. The SMILES string of the molecule is COC(=O)NC(C)CNc1nccc(-c2[nH]c(C(C)(C)C)nc2-c2cnc(N)c(OC)n2)n1. The number of nitrogens with one attached hydrogen (secondary N) is 3. The molecule has 1 amide bonds. The average molecular weight is 456 g/mol. The average Bonchev–Trinajstić information content (AvgIpc) is 3.24. The molecular formula is C21H29N9O3. The Morgan fingerprint density at radius 2 is 1.94 bits per heavy atom. The smallest absolute Gasteiger partial charge is 0.407 e. The van der Waals surface area contributed by atoms with Crippen LogP contribution in [0.4, 0.5) is 16.6 Å². The zero-order valence-electron chi connectivity index (χ0n) is 19.6. The molecule has 5 N–H and O–H groups in total. The van der Waals surface area contributed by atoms with Crippen LogP contribution in [0.3, 0.4) is 0 Å². The maximum absolute atomic E-state index is 11.4. The minimum atomic E-state index is -0.504. The predicted molar refractivity (Wildman–Crippen MR) is 124 cm³/mol. The summed E-state index contributed by atoms with van der Waals surface area (Å²) in [6.45, 7) is 8.40. The fraction of sp³-hybridized carbons (Fsp3) is 0.429. The number of nitrogens with two attached hydrogens (primary N) is 1. The summed E-state index contributed by atoms with van der Waals surface area (Å²) in [6.07, 6.45) is 2.68. The zero-order chi connectivity index (χ0) is 24.2. The molecule has 12 heteroatoms. The molecule has 0 aliphatic rings. The van der Waals surface area contributed by atoms with Crippen LogP contribution < -0.4 is 21.1 Å². The molecule has 33 heavy (non-hydrogen) atoms. The molecule has 176 valence electrons. The number of carbonyl (C=O) groups excluding carboxylic acids is 1. The van der Waals surface area contributed by atoms with E-state index in [0.29, 0.717) is 35.3 Å². The van der Waals surface area contributed by atoms with Gasteiger partial charge in [0.15, 0.2) is 5.82 Å². The first-order chi connectivity index (χ1) is 15.6. The Bertz CT molecular complexity index is 1120. The Kier molecular flexibility index (Phi) is 6.95. The molecule has 0 bridgehead atoms. The molecule has 1 unspecified atom stereocenters. The van der Waals surface area contributed by atoms with E-state index in [2.05, 4.69) is 61.1 Å². The molecule has 3 aromatic heterocycles. The highest BCUT2D eigenvalue weighted by Crippen LogP contribution is 2.33. The fourth-order valence-electron chi connectivity index (χ4n) is 2.88. The van der Waals surface area contributed by atoms with E-state index >= 15 is 0 Å². The van der Waals surface area contributed by atoms with Crippen LogP contribution in [0.5, 0.6) is 5.88 Å². The second kappa shape index (κ2) is 9.67. The number of aromatic nitrogens is 6. The van der Waals surface area contributed by atoms with Crippen molar-refractivity contribution < 1.29 is 14.3 Å². The van der Waals surface area contributed by atoms with Gasteiger partial charge in [-0.05, 0) is 13.0 Å². The second-order valence-electron chi connectivity index (χ2n) is 8.39. The number of aromatic amines is 1. The zero-order valence-corrected chi connectivity index (χ0v) is 19.6. The highest BCUT2D eigenvalue weighted by molar-refractivity contribution is 5.75. The van der Waals surface area contributed by atoms with E-state index in [-0.39, 0.29) is 23.2 Å². The van der Waals surface area contributed by atoms with Gasteiger partial charge in [0.05, 0.1) is 31.8 Å². The summed E-state index contributed by atoms with van der Waals surface area (Å²) in [7, 11) is 2.80. The van der Waals surface area contributed by atoms with Gasteiger partial charge >= 0.3 is 6.09 Å². The third-order valence-electron chi connectivity index (χ3n) is 4.64. The lowest BCUT2D eigenvalue weighted by Crippen LogP contribution is -2.37. The van der Waals surface area contributed by atoms with E-state index < -0.39 is 6.09 Å². The normalized spacial score (nSPS) is 12.2. The van der Waals surface area contributed by atoms with Gasteiger partial charge in [-0.15, -0.1) is 0 Å². The number of hydrogen-bond acceptors (Lipinski definition) is 10. The van der Waals surface area contributed by atoms with Crippen LogP contribution in [-0.2, 0) is 10.2 Å². The first kappa shape index (κ1) is 23.7. The number of anilines is 2. The number of methoxy groups -OCH3 is 2. The molecule has 0 radical (unpaired) electrons. The minimum absolute atomic E-state index is 0.192. The van der Waals surface area contributed by atoms with Crippen molar-refractivity contribution in [2.24, 2.45) is 0 Å². The Labute approximate surface area is 191 Å². The summed E-state index contributed by atoms with van der Waals surface area (Å²) in [4.78, 5) is 37.0. The molecule has 3 rings (SSSR count). The Morgan fingerprint density at radius 1 is 1.18 bits per heavy atom. The second-order valence-corrected chi connectivity index (χ2v) is 8.39. The third kappa shape index (κ3) is 5.64. The number of H-pyrrole nitrogens is 1. The molecule has 0 saturated carbocycles. The summed E-state index contributed by atoms with van der Waals surface area (Å²) in [5.41, 5.74) is 7.91. The van der Waals surface area contributed by atoms with Crippen LogP contribution >= 0.6 is 0 Å². The molecule has 12 nitrogen and oxygen atoms in total. The molecule has 0 fully saturated rings. The van der Waals surface area contributed by atoms with Gasteiger partial charge < -0.3 is 30.8 Å². The molecule has 0 aromatic carbocycles. The van der Waals surface area contributed by atoms with Crippen LogP contribution in [-0.4, -0.2) is 62.8 Å². The number of nitrogens with zero attached hydrogens (tertiary/aromatic N) is 5. The van der Waals surface area contributed by atoms with Gasteiger partial charge in [0.1, 0.15) is 17.2 Å². The number of alkyl carbamates (subject to hydrolysis) is 1. The topological polar surface area (TPSA) is 166 Å². The summed E-state index contributed by atoms with van der Waals surface area (Å²) in [5.74, 6) is 1.56. The number of ether oxygens (including phenoxy) is 2. The van der Waals surface area contributed by atoms with Gasteiger partial charge in [0, 0.05) is 24.2 Å². The maximum atomic E-state index is 11.4. The van der Waals surface area contributed by atoms with Gasteiger partial charge in [-0.25, -0.2) is 29.7 Å². The highest BCUT2D eigenvalue weighted by atomic mass is 16.5. The van der Waals surface area contributed by atoms with Gasteiger partial charge in [0.2, 0.25) is 5.95 Å². The summed E-state index contributed by atoms with van der Waals surface area (Å²) in [6, 6.07) is 1.57. The van der Waals surface area contributed by atoms with E-state index in [4.69, 9.17) is 15.5 Å². The summed E-state index contributed by atoms with van der Waals surface area (Å²) in [5, 5.41) is 5.79. The number of hydrogen-bond donors (Lipinski definition) is 4. The minimum Gasteiger partial charge on any atom is -0.478 e. The first-order valence-electron chi connectivity index (χ1n) is 10.3. The fourth-order valence-corrected chi connectivity index (χ4v) is 2.88. The number of carbonyl (C=O) groups is 1. The van der Waals surface area contributed by atoms with Crippen molar-refractivity contribution in [3.63, 3.8) is 0 Å². The van der Waals surface area contributed by atoms with Crippen molar-refractivity contribution in [2.45, 2.75) is 39.2 Å². The lowest BCUT2D eigenvalue weighted by molar-refractivity contribution is 0.168. The first-order valence-corrected chi connectivity index (χ1v) is 10.3. The van der Waals surface area contributed by atoms with Crippen LogP contribution in [0.25, 0.3) is 22.8 Å². The van der Waals surface area contributed by atoms with Crippen molar-refractivity contribution >= 4 is 17.9 Å². The Hall–Kier alpha value is -3.96. The van der Waals surface area contributed by atoms with Gasteiger partial charge in [-0.1, -0.05) is 20.8 Å². The lowest BCUT2D eigenvalue weighted by Gasteiger charge is -2.14. The van der Waals surface area contributed by atoms with E-state index in [1.165, 1.54) is 14.2 Å². The van der Waals surface area contributed by atoms with Crippen molar-refractivity contribution in [1.82, 2.24) is 35.2 Å². The van der Waals surface area contributed by atoms with E-state index in [1.807, 2.05) is 6.92 Å². The van der Waals surface area contributed by atoms with Gasteiger partial charge in [-0.3, -0.25) is 0 Å². The quantitative estimate of drug-likeness (QED) is 0.415. The van der Waals surface area contributed by atoms with Crippen LogP contribution in [0.15, 0.2) is 18.5 Å². The van der Waals surface area contributed by atoms with E-state index in [0.717, 1.165) is 5.82 Å². The summed E-state index contributed by atoms with van der Waals surface area (Å²) < 4.78 is 9.84. The molecule has 3 aromatic rings. The Balaban J connectivity index is 1.96. The maximum Gasteiger partial charge on any atom is 0.407 e. The van der Waals surface area contributed by atoms with Crippen LogP contribution in [0.2, 0.25) is 0 Å². The standard InChI is InChI=1S/C21H29N9O3/c1-11(26-20(31)33-6)9-25-19-23-8-7-12(28-19)14-15(30-18(29-14)21(2,3)4)13-10-24-16(22)17(27-13)32-5/h7-8,10-11H,9H2,1-6H3,(H2,22,24)(H,26,31)(H,29,30)(H,23,25,28). The van der Waals surface area contributed by atoms with Crippen LogP contribution in [0, 0.1) is 0 Å². The van der Waals surface area contributed by atoms with E-state index in [1.54, 1.807) is 18.5 Å². The van der Waals surface area contributed by atoms with Crippen molar-refractivity contribution in [3.8, 4) is 28.7 Å². The Morgan fingerprint density at radius 3 is 2.61 bits per heavy atom. The van der Waals surface area contributed by atoms with Crippen molar-refractivity contribution in [3.05, 3.63) is 24.3 Å². The molecule has 0 aliphatic carbocycles. The highest BCUT2D eigenvalue weighted by Gasteiger charge is 2.24. The molecular weight excluding hydrogens is 426 g/mol. The van der Waals surface area contributed by atoms with Crippen molar-refractivity contribution in [1.29, 1.82) is 0 Å². The largest absolute Gasteiger partial charge is 0.478 e. The van der Waals surface area contributed by atoms with Crippen LogP contribution in [0.1, 0.15) is 33.5 Å². The molecule has 3 heterocycles. The number of nitrogen functional groups attached to an aromatic ring is 1. The monoisotopic (exact) mass is 455 g/mol. The molecule has 1 atom stereocenters. The van der Waals surface area contributed by atoms with E-state index in [9.17, 15) is 4.79 Å².